The van der Waals surface area contributed by atoms with E-state index in [0.717, 1.165) is 88.7 Å². The minimum absolute atomic E-state index is 0.605. The fourth-order valence-corrected chi connectivity index (χ4v) is 8.88. The molecule has 5 nitrogen and oxygen atoms in total. The molecule has 0 spiro atoms. The number of hydrogen-bond donors (Lipinski definition) is 0. The van der Waals surface area contributed by atoms with Crippen LogP contribution in [-0.4, -0.2) is 19.5 Å². The Labute approximate surface area is 357 Å². The van der Waals surface area contributed by atoms with Crippen molar-refractivity contribution >= 4 is 43.7 Å². The lowest BCUT2D eigenvalue weighted by Crippen LogP contribution is -2.02. The van der Waals surface area contributed by atoms with Crippen LogP contribution in [-0.2, 0) is 0 Å². The average Bonchev–Trinajstić information content (AvgIpc) is 3.90. The van der Waals surface area contributed by atoms with Crippen molar-refractivity contribution in [1.29, 1.82) is 0 Å². The molecule has 62 heavy (non-hydrogen) atoms. The van der Waals surface area contributed by atoms with Crippen molar-refractivity contribution in [2.45, 2.75) is 0 Å². The molecular formula is C57H36N4O. The summed E-state index contributed by atoms with van der Waals surface area (Å²) in [6.07, 6.45) is 0. The minimum Gasteiger partial charge on any atom is -0.455 e. The molecular weight excluding hydrogens is 757 g/mol. The summed E-state index contributed by atoms with van der Waals surface area (Å²) in [6, 6.07) is 76.4. The molecule has 0 aliphatic carbocycles. The molecule has 0 saturated heterocycles. The van der Waals surface area contributed by atoms with Gasteiger partial charge in [0.2, 0.25) is 0 Å². The van der Waals surface area contributed by atoms with Crippen molar-refractivity contribution in [3.63, 3.8) is 0 Å². The van der Waals surface area contributed by atoms with Gasteiger partial charge >= 0.3 is 0 Å². The first-order chi connectivity index (χ1) is 30.7. The van der Waals surface area contributed by atoms with Gasteiger partial charge in [-0.15, -0.1) is 0 Å². The second kappa shape index (κ2) is 14.7. The monoisotopic (exact) mass is 792 g/mol. The van der Waals surface area contributed by atoms with Crippen molar-refractivity contribution < 1.29 is 4.42 Å². The lowest BCUT2D eigenvalue weighted by molar-refractivity contribution is 0.670. The van der Waals surface area contributed by atoms with E-state index in [1.165, 1.54) is 10.8 Å². The van der Waals surface area contributed by atoms with Crippen LogP contribution >= 0.6 is 0 Å². The molecule has 0 radical (unpaired) electrons. The van der Waals surface area contributed by atoms with Gasteiger partial charge in [0.25, 0.3) is 0 Å². The van der Waals surface area contributed by atoms with Crippen LogP contribution in [0.3, 0.4) is 0 Å². The number of nitrogens with zero attached hydrogens (tertiary/aromatic N) is 4. The Balaban J connectivity index is 1.05. The van der Waals surface area contributed by atoms with Crippen LogP contribution < -0.4 is 0 Å². The van der Waals surface area contributed by atoms with E-state index in [1.54, 1.807) is 0 Å². The molecule has 0 amide bonds. The quantitative estimate of drug-likeness (QED) is 0.161. The van der Waals surface area contributed by atoms with Gasteiger partial charge < -0.3 is 8.98 Å². The Morgan fingerprint density at radius 1 is 0.306 bits per heavy atom. The Morgan fingerprint density at radius 2 is 0.823 bits per heavy atom. The van der Waals surface area contributed by atoms with Gasteiger partial charge in [-0.2, -0.15) is 0 Å². The molecule has 3 aromatic heterocycles. The van der Waals surface area contributed by atoms with Crippen molar-refractivity contribution in [3.05, 3.63) is 218 Å². The first kappa shape index (κ1) is 35.5. The molecule has 0 saturated carbocycles. The summed E-state index contributed by atoms with van der Waals surface area (Å²) in [6.45, 7) is 0. The maximum absolute atomic E-state index is 6.53. The molecule has 0 bridgehead atoms. The van der Waals surface area contributed by atoms with Gasteiger partial charge in [0.15, 0.2) is 17.5 Å². The topological polar surface area (TPSA) is 56.7 Å². The molecule has 12 aromatic rings. The number of benzene rings is 9. The standard InChI is InChI=1S/C57H36N4O/c1-4-15-37(16-5-1)38-27-29-41(30-28-38)56-58-55(40-19-8-3-9-20-40)59-57(60-56)43-32-34-51(49(35-43)39-17-6-2-7-18-39)61-50-25-12-10-21-45(50)46-33-31-42(36-52(46)61)44-23-14-24-48-47-22-11-13-26-53(47)62-54(44)48/h1-36H. The highest BCUT2D eigenvalue weighted by atomic mass is 16.3. The lowest BCUT2D eigenvalue weighted by atomic mass is 9.99. The maximum atomic E-state index is 6.53. The fourth-order valence-electron chi connectivity index (χ4n) is 8.88. The molecule has 9 aromatic carbocycles. The smallest absolute Gasteiger partial charge is 0.164 e. The highest BCUT2D eigenvalue weighted by Gasteiger charge is 2.20. The van der Waals surface area contributed by atoms with Crippen LogP contribution in [0.5, 0.6) is 0 Å². The molecule has 290 valence electrons. The maximum Gasteiger partial charge on any atom is 0.164 e. The minimum atomic E-state index is 0.605. The van der Waals surface area contributed by atoms with Crippen molar-refractivity contribution in [1.82, 2.24) is 19.5 Å². The predicted octanol–water partition coefficient (Wildman–Crippen LogP) is 14.9. The summed E-state index contributed by atoms with van der Waals surface area (Å²) in [5.41, 5.74) is 14.4. The Morgan fingerprint density at radius 3 is 1.56 bits per heavy atom. The summed E-state index contributed by atoms with van der Waals surface area (Å²) in [4.78, 5) is 15.4. The number of rotatable bonds is 7. The van der Waals surface area contributed by atoms with Gasteiger partial charge in [-0.05, 0) is 58.7 Å². The second-order valence-electron chi connectivity index (χ2n) is 15.6. The third kappa shape index (κ3) is 6.06. The summed E-state index contributed by atoms with van der Waals surface area (Å²) >= 11 is 0. The van der Waals surface area contributed by atoms with E-state index >= 15 is 0 Å². The first-order valence-electron chi connectivity index (χ1n) is 20.8. The normalized spacial score (nSPS) is 11.5. The largest absolute Gasteiger partial charge is 0.455 e. The molecule has 0 aliphatic rings. The van der Waals surface area contributed by atoms with Crippen LogP contribution in [0.1, 0.15) is 0 Å². The third-order valence-corrected chi connectivity index (χ3v) is 11.9. The van der Waals surface area contributed by atoms with Gasteiger partial charge in [0.05, 0.1) is 16.7 Å². The first-order valence-corrected chi connectivity index (χ1v) is 20.8. The Bertz CT molecular complexity index is 3610. The zero-order valence-electron chi connectivity index (χ0n) is 33.5. The van der Waals surface area contributed by atoms with E-state index in [0.29, 0.717) is 17.5 Å². The molecule has 5 heteroatoms. The van der Waals surface area contributed by atoms with Crippen LogP contribution in [0.15, 0.2) is 223 Å². The van der Waals surface area contributed by atoms with E-state index < -0.39 is 0 Å². The zero-order chi connectivity index (χ0) is 41.0. The molecule has 0 unspecified atom stereocenters. The summed E-state index contributed by atoms with van der Waals surface area (Å²) in [5.74, 6) is 1.85. The summed E-state index contributed by atoms with van der Waals surface area (Å²) < 4.78 is 8.93. The third-order valence-electron chi connectivity index (χ3n) is 11.9. The van der Waals surface area contributed by atoms with Gasteiger partial charge in [0, 0.05) is 49.4 Å². The molecule has 0 atom stereocenters. The van der Waals surface area contributed by atoms with E-state index in [4.69, 9.17) is 19.4 Å². The summed E-state index contributed by atoms with van der Waals surface area (Å²) in [5, 5.41) is 4.60. The molecule has 12 rings (SSSR count). The van der Waals surface area contributed by atoms with Gasteiger partial charge in [-0.25, -0.2) is 15.0 Å². The predicted molar refractivity (Wildman–Crippen MR) is 254 cm³/mol. The van der Waals surface area contributed by atoms with Gasteiger partial charge in [0.1, 0.15) is 11.2 Å². The SMILES string of the molecule is c1ccc(-c2ccc(-c3nc(-c4ccccc4)nc(-c4ccc(-n5c6ccccc6c6ccc(-c7cccc8c7oc7ccccc78)cc65)c(-c5ccccc5)c4)n3)cc2)cc1. The summed E-state index contributed by atoms with van der Waals surface area (Å²) in [7, 11) is 0. The highest BCUT2D eigenvalue weighted by Crippen LogP contribution is 2.42. The van der Waals surface area contributed by atoms with E-state index in [9.17, 15) is 0 Å². The average molecular weight is 793 g/mol. The number of hydrogen-bond acceptors (Lipinski definition) is 4. The van der Waals surface area contributed by atoms with Crippen molar-refractivity contribution in [2.24, 2.45) is 0 Å². The van der Waals surface area contributed by atoms with Crippen LogP contribution in [0.2, 0.25) is 0 Å². The molecule has 0 aliphatic heterocycles. The number of fused-ring (bicyclic) bond motifs is 6. The second-order valence-corrected chi connectivity index (χ2v) is 15.6. The fraction of sp³-hybridized carbons (Fsp3) is 0. The van der Waals surface area contributed by atoms with Crippen molar-refractivity contribution in [3.8, 4) is 73.2 Å². The Hall–Kier alpha value is -8.41. The Kier molecular flexibility index (Phi) is 8.42. The van der Waals surface area contributed by atoms with Crippen LogP contribution in [0.4, 0.5) is 0 Å². The number of aromatic nitrogens is 4. The van der Waals surface area contributed by atoms with Crippen molar-refractivity contribution in [2.75, 3.05) is 0 Å². The van der Waals surface area contributed by atoms with Gasteiger partial charge in [-0.1, -0.05) is 182 Å². The van der Waals surface area contributed by atoms with E-state index in [1.807, 2.05) is 48.5 Å². The van der Waals surface area contributed by atoms with E-state index in [2.05, 4.69) is 174 Å². The molecule has 0 fully saturated rings. The van der Waals surface area contributed by atoms with Crippen LogP contribution in [0.25, 0.3) is 117 Å². The van der Waals surface area contributed by atoms with Gasteiger partial charge in [-0.3, -0.25) is 0 Å². The highest BCUT2D eigenvalue weighted by molar-refractivity contribution is 6.13. The number of para-hydroxylation sites is 3. The zero-order valence-corrected chi connectivity index (χ0v) is 33.5. The number of furan rings is 1. The molecule has 3 heterocycles. The van der Waals surface area contributed by atoms with Crippen LogP contribution in [0, 0.1) is 0 Å². The molecule has 0 N–H and O–H groups in total. The van der Waals surface area contributed by atoms with E-state index in [-0.39, 0.29) is 0 Å². The lowest BCUT2D eigenvalue weighted by Gasteiger charge is -2.16.